The molecule has 4 N–H and O–H groups in total. The number of guanidine groups is 1. The first-order valence-corrected chi connectivity index (χ1v) is 9.75. The van der Waals surface area contributed by atoms with Crippen LogP contribution in [0.4, 0.5) is 0 Å². The lowest BCUT2D eigenvalue weighted by Gasteiger charge is -2.39. The highest BCUT2D eigenvalue weighted by Crippen LogP contribution is 2.25. The van der Waals surface area contributed by atoms with Crippen LogP contribution in [0.3, 0.4) is 0 Å². The van der Waals surface area contributed by atoms with Crippen molar-refractivity contribution in [3.05, 3.63) is 23.7 Å². The van der Waals surface area contributed by atoms with Crippen LogP contribution in [0.1, 0.15) is 61.3 Å². The molecule has 1 saturated heterocycles. The lowest BCUT2D eigenvalue weighted by atomic mass is 9.92. The van der Waals surface area contributed by atoms with Gasteiger partial charge in [-0.3, -0.25) is 9.79 Å². The summed E-state index contributed by atoms with van der Waals surface area (Å²) >= 11 is 0. The maximum absolute atomic E-state index is 11.1. The van der Waals surface area contributed by atoms with Gasteiger partial charge in [-0.25, -0.2) is 0 Å². The van der Waals surface area contributed by atoms with Crippen LogP contribution in [0.15, 0.2) is 21.5 Å². The molecule has 0 bridgehead atoms. The molecule has 7 nitrogen and oxygen atoms in total. The summed E-state index contributed by atoms with van der Waals surface area (Å²) in [6.45, 7) is 2.80. The summed E-state index contributed by atoms with van der Waals surface area (Å²) in [6.07, 6.45) is 9.23. The highest BCUT2D eigenvalue weighted by Gasteiger charge is 2.26. The zero-order valence-corrected chi connectivity index (χ0v) is 15.7. The van der Waals surface area contributed by atoms with E-state index in [1.165, 1.54) is 45.2 Å². The van der Waals surface area contributed by atoms with Gasteiger partial charge in [0.2, 0.25) is 0 Å². The third kappa shape index (κ3) is 5.00. The second kappa shape index (κ2) is 9.07. The van der Waals surface area contributed by atoms with Crippen molar-refractivity contribution in [1.29, 1.82) is 0 Å². The number of primary amides is 1. The lowest BCUT2D eigenvalue weighted by molar-refractivity contribution is 0.0972. The molecule has 0 radical (unpaired) electrons. The molecule has 1 aliphatic heterocycles. The summed E-state index contributed by atoms with van der Waals surface area (Å²) in [5.74, 6) is 1.05. The van der Waals surface area contributed by atoms with Crippen molar-refractivity contribution < 1.29 is 9.21 Å². The Balaban J connectivity index is 1.41. The van der Waals surface area contributed by atoms with Crippen LogP contribution >= 0.6 is 0 Å². The molecule has 1 aliphatic carbocycles. The molecule has 1 aromatic heterocycles. The molecular formula is C19H31N5O2. The number of hydrogen-bond acceptors (Lipinski definition) is 4. The Bertz CT molecular complexity index is 613. The number of carbonyl (C=O) groups is 1. The molecule has 2 heterocycles. The van der Waals surface area contributed by atoms with Gasteiger partial charge in [0.1, 0.15) is 5.76 Å². The number of hydrogen-bond donors (Lipinski definition) is 3. The van der Waals surface area contributed by atoms with Gasteiger partial charge in [-0.1, -0.05) is 19.3 Å². The van der Waals surface area contributed by atoms with Gasteiger partial charge in [0, 0.05) is 32.2 Å². The fraction of sp³-hybridized carbons (Fsp3) is 0.684. The fourth-order valence-electron chi connectivity index (χ4n) is 4.02. The van der Waals surface area contributed by atoms with Crippen LogP contribution < -0.4 is 16.4 Å². The maximum atomic E-state index is 11.1. The van der Waals surface area contributed by atoms with Crippen molar-refractivity contribution >= 4 is 11.9 Å². The molecule has 2 fully saturated rings. The highest BCUT2D eigenvalue weighted by atomic mass is 16.3. The van der Waals surface area contributed by atoms with E-state index in [4.69, 9.17) is 10.2 Å². The van der Waals surface area contributed by atoms with Crippen molar-refractivity contribution in [1.82, 2.24) is 15.5 Å². The van der Waals surface area contributed by atoms with Crippen LogP contribution in [0.2, 0.25) is 0 Å². The quantitative estimate of drug-likeness (QED) is 0.549. The molecule has 7 heteroatoms. The number of carbonyl (C=O) groups excluding carboxylic acids is 1. The minimum Gasteiger partial charge on any atom is -0.454 e. The average Bonchev–Trinajstić information content (AvgIpc) is 3.16. The van der Waals surface area contributed by atoms with Gasteiger partial charge in [0.25, 0.3) is 5.91 Å². The Kier molecular flexibility index (Phi) is 6.55. The molecule has 26 heavy (non-hydrogen) atoms. The lowest BCUT2D eigenvalue weighted by Crippen LogP contribution is -2.50. The fourth-order valence-corrected chi connectivity index (χ4v) is 4.02. The molecule has 1 aromatic rings. The first kappa shape index (κ1) is 18.8. The third-order valence-corrected chi connectivity index (χ3v) is 5.52. The van der Waals surface area contributed by atoms with Gasteiger partial charge in [-0.2, -0.15) is 0 Å². The number of amides is 1. The minimum absolute atomic E-state index is 0.180. The summed E-state index contributed by atoms with van der Waals surface area (Å²) in [5.41, 5.74) is 5.20. The van der Waals surface area contributed by atoms with Gasteiger partial charge in [-0.05, 0) is 37.8 Å². The van der Waals surface area contributed by atoms with E-state index in [1.807, 2.05) is 0 Å². The van der Waals surface area contributed by atoms with Crippen molar-refractivity contribution in [2.75, 3.05) is 20.1 Å². The molecule has 0 spiro atoms. The second-order valence-electron chi connectivity index (χ2n) is 7.30. The maximum Gasteiger partial charge on any atom is 0.284 e. The summed E-state index contributed by atoms with van der Waals surface area (Å²) in [4.78, 5) is 18.1. The third-order valence-electron chi connectivity index (χ3n) is 5.52. The first-order chi connectivity index (χ1) is 12.7. The van der Waals surface area contributed by atoms with Gasteiger partial charge >= 0.3 is 0 Å². The summed E-state index contributed by atoms with van der Waals surface area (Å²) in [5, 5.41) is 6.75. The minimum atomic E-state index is -0.552. The summed E-state index contributed by atoms with van der Waals surface area (Å²) in [7, 11) is 1.77. The smallest absolute Gasteiger partial charge is 0.284 e. The van der Waals surface area contributed by atoms with Crippen LogP contribution in [-0.4, -0.2) is 49.0 Å². The van der Waals surface area contributed by atoms with Crippen molar-refractivity contribution in [3.8, 4) is 0 Å². The van der Waals surface area contributed by atoms with E-state index in [9.17, 15) is 4.79 Å². The van der Waals surface area contributed by atoms with Gasteiger partial charge in [-0.15, -0.1) is 0 Å². The second-order valence-corrected chi connectivity index (χ2v) is 7.30. The summed E-state index contributed by atoms with van der Waals surface area (Å²) in [6, 6.07) is 4.60. The molecule has 0 unspecified atom stereocenters. The molecular weight excluding hydrogens is 330 g/mol. The number of furan rings is 1. The summed E-state index contributed by atoms with van der Waals surface area (Å²) < 4.78 is 5.38. The van der Waals surface area contributed by atoms with Gasteiger partial charge in [0.05, 0.1) is 6.54 Å². The van der Waals surface area contributed by atoms with E-state index in [1.54, 1.807) is 19.2 Å². The SMILES string of the molecule is CN=C(NCc1ccc(C(N)=O)o1)NC1CCN(C2CCCCC2)CC1. The largest absolute Gasteiger partial charge is 0.454 e. The molecule has 3 rings (SSSR count). The number of piperidine rings is 1. The normalized spacial score (nSPS) is 20.9. The van der Waals surface area contributed by atoms with E-state index < -0.39 is 5.91 Å². The highest BCUT2D eigenvalue weighted by molar-refractivity contribution is 5.89. The predicted octanol–water partition coefficient (Wildman–Crippen LogP) is 1.84. The number of aliphatic imine (C=N–C) groups is 1. The molecule has 1 saturated carbocycles. The van der Waals surface area contributed by atoms with Crippen molar-refractivity contribution in [2.24, 2.45) is 10.7 Å². The molecule has 0 aromatic carbocycles. The van der Waals surface area contributed by atoms with Crippen molar-refractivity contribution in [2.45, 2.75) is 63.6 Å². The van der Waals surface area contributed by atoms with Gasteiger partial charge in [0.15, 0.2) is 11.7 Å². The van der Waals surface area contributed by atoms with Crippen LogP contribution in [0.5, 0.6) is 0 Å². The zero-order chi connectivity index (χ0) is 18.4. The molecule has 1 amide bonds. The number of likely N-dealkylation sites (tertiary alicyclic amines) is 1. The van der Waals surface area contributed by atoms with Crippen LogP contribution in [0.25, 0.3) is 0 Å². The molecule has 144 valence electrons. The number of nitrogens with two attached hydrogens (primary N) is 1. The van der Waals surface area contributed by atoms with E-state index in [-0.39, 0.29) is 5.76 Å². The Labute approximate surface area is 155 Å². The number of rotatable bonds is 5. The molecule has 2 aliphatic rings. The Morgan fingerprint density at radius 3 is 2.58 bits per heavy atom. The van der Waals surface area contributed by atoms with E-state index in [2.05, 4.69) is 20.5 Å². The standard InChI is InChI=1S/C19H31N5O2/c1-21-19(22-13-16-7-8-17(26-16)18(20)25)23-14-9-11-24(12-10-14)15-5-3-2-4-6-15/h7-8,14-15H,2-6,9-13H2,1H3,(H2,20,25)(H2,21,22,23). The number of nitrogens with one attached hydrogen (secondary N) is 2. The Morgan fingerprint density at radius 1 is 1.23 bits per heavy atom. The Morgan fingerprint density at radius 2 is 1.96 bits per heavy atom. The van der Waals surface area contributed by atoms with E-state index in [0.717, 1.165) is 24.8 Å². The zero-order valence-electron chi connectivity index (χ0n) is 15.7. The van der Waals surface area contributed by atoms with Crippen LogP contribution in [-0.2, 0) is 6.54 Å². The first-order valence-electron chi connectivity index (χ1n) is 9.75. The monoisotopic (exact) mass is 361 g/mol. The number of nitrogens with zero attached hydrogens (tertiary/aromatic N) is 2. The average molecular weight is 361 g/mol. The van der Waals surface area contributed by atoms with E-state index >= 15 is 0 Å². The van der Waals surface area contributed by atoms with Crippen molar-refractivity contribution in [3.63, 3.8) is 0 Å². The van der Waals surface area contributed by atoms with Crippen LogP contribution in [0, 0.1) is 0 Å². The van der Waals surface area contributed by atoms with Gasteiger partial charge < -0.3 is 25.7 Å². The topological polar surface area (TPSA) is 95.9 Å². The Hall–Kier alpha value is -2.02. The van der Waals surface area contributed by atoms with E-state index in [0.29, 0.717) is 18.3 Å². The molecule has 0 atom stereocenters. The predicted molar refractivity (Wildman–Crippen MR) is 102 cm³/mol.